The quantitative estimate of drug-likeness (QED) is 0.844. The van der Waals surface area contributed by atoms with Crippen LogP contribution in [0.4, 0.5) is 0 Å². The van der Waals surface area contributed by atoms with Gasteiger partial charge in [0, 0.05) is 12.3 Å². The van der Waals surface area contributed by atoms with Crippen LogP contribution in [0.1, 0.15) is 30.6 Å². The Morgan fingerprint density at radius 1 is 1.30 bits per heavy atom. The van der Waals surface area contributed by atoms with Gasteiger partial charge in [-0.1, -0.05) is 19.1 Å². The van der Waals surface area contributed by atoms with Crippen LogP contribution < -0.4 is 9.64 Å². The van der Waals surface area contributed by atoms with E-state index in [0.717, 1.165) is 13.0 Å². The van der Waals surface area contributed by atoms with Crippen LogP contribution in [0.2, 0.25) is 0 Å². The maximum Gasteiger partial charge on any atom is 0.342 e. The van der Waals surface area contributed by atoms with Crippen molar-refractivity contribution in [3.63, 3.8) is 0 Å². The van der Waals surface area contributed by atoms with Crippen molar-refractivity contribution in [1.82, 2.24) is 0 Å². The highest BCUT2D eigenvalue weighted by Gasteiger charge is 2.35. The standard InChI is InChI=1S/C16H23NO3/c1-11-10-17(3)12(2)9-15(11)20-16(18)13-7-5-6-8-14(13)19-4/h5-8,11-12,15H,9-10H2,1-4H3/p+1/t11-,12+,15+/m1/s1. The number of benzene rings is 1. The molecule has 4 atom stereocenters. The van der Waals surface area contributed by atoms with E-state index in [-0.39, 0.29) is 12.1 Å². The maximum atomic E-state index is 12.3. The van der Waals surface area contributed by atoms with Crippen molar-refractivity contribution in [2.75, 3.05) is 20.7 Å². The fraction of sp³-hybridized carbons (Fsp3) is 0.562. The van der Waals surface area contributed by atoms with Crippen LogP contribution in [0.15, 0.2) is 24.3 Å². The Labute approximate surface area is 120 Å². The number of carbonyl (C=O) groups is 1. The van der Waals surface area contributed by atoms with Crippen LogP contribution >= 0.6 is 0 Å². The molecule has 4 nitrogen and oxygen atoms in total. The van der Waals surface area contributed by atoms with Crippen molar-refractivity contribution in [2.24, 2.45) is 5.92 Å². The number of likely N-dealkylation sites (tertiary alicyclic amines) is 1. The minimum atomic E-state index is -0.286. The van der Waals surface area contributed by atoms with Gasteiger partial charge in [-0.25, -0.2) is 4.79 Å². The number of para-hydroxylation sites is 1. The van der Waals surface area contributed by atoms with Gasteiger partial charge in [-0.15, -0.1) is 0 Å². The van der Waals surface area contributed by atoms with Crippen molar-refractivity contribution in [1.29, 1.82) is 0 Å². The summed E-state index contributed by atoms with van der Waals surface area (Å²) in [5, 5.41) is 0. The first-order valence-electron chi connectivity index (χ1n) is 7.19. The predicted octanol–water partition coefficient (Wildman–Crippen LogP) is 1.16. The summed E-state index contributed by atoms with van der Waals surface area (Å²) < 4.78 is 10.9. The highest BCUT2D eigenvalue weighted by molar-refractivity contribution is 5.92. The fourth-order valence-corrected chi connectivity index (χ4v) is 2.80. The summed E-state index contributed by atoms with van der Waals surface area (Å²) in [5.74, 6) is 0.660. The molecule has 4 heteroatoms. The number of esters is 1. The van der Waals surface area contributed by atoms with E-state index >= 15 is 0 Å². The number of quaternary nitrogens is 1. The summed E-state index contributed by atoms with van der Waals surface area (Å²) in [5.41, 5.74) is 0.501. The van der Waals surface area contributed by atoms with Crippen molar-refractivity contribution in [3.05, 3.63) is 29.8 Å². The van der Waals surface area contributed by atoms with E-state index in [9.17, 15) is 4.79 Å². The van der Waals surface area contributed by atoms with Crippen LogP contribution in [0.3, 0.4) is 0 Å². The lowest BCUT2D eigenvalue weighted by molar-refractivity contribution is -0.914. The molecule has 1 aliphatic heterocycles. The molecule has 20 heavy (non-hydrogen) atoms. The molecule has 0 saturated carbocycles. The van der Waals surface area contributed by atoms with Gasteiger partial charge < -0.3 is 14.4 Å². The van der Waals surface area contributed by atoms with Crippen molar-refractivity contribution < 1.29 is 19.2 Å². The van der Waals surface area contributed by atoms with Crippen LogP contribution in [0, 0.1) is 5.92 Å². The number of piperidine rings is 1. The topological polar surface area (TPSA) is 40.0 Å². The fourth-order valence-electron chi connectivity index (χ4n) is 2.80. The zero-order valence-corrected chi connectivity index (χ0v) is 12.7. The highest BCUT2D eigenvalue weighted by Crippen LogP contribution is 2.22. The smallest absolute Gasteiger partial charge is 0.342 e. The average Bonchev–Trinajstić information content (AvgIpc) is 2.44. The third-order valence-corrected chi connectivity index (χ3v) is 4.29. The lowest BCUT2D eigenvalue weighted by atomic mass is 9.92. The Bertz CT molecular complexity index is 475. The first-order chi connectivity index (χ1) is 9.52. The van der Waals surface area contributed by atoms with Gasteiger partial charge >= 0.3 is 5.97 Å². The average molecular weight is 278 g/mol. The molecule has 0 spiro atoms. The predicted molar refractivity (Wildman–Crippen MR) is 77.2 cm³/mol. The molecule has 2 rings (SSSR count). The lowest BCUT2D eigenvalue weighted by Crippen LogP contribution is -3.14. The number of nitrogens with one attached hydrogen (secondary N) is 1. The van der Waals surface area contributed by atoms with E-state index in [4.69, 9.17) is 9.47 Å². The second-order valence-electron chi connectivity index (χ2n) is 5.81. The van der Waals surface area contributed by atoms with Crippen LogP contribution in [0.5, 0.6) is 5.75 Å². The van der Waals surface area contributed by atoms with Gasteiger partial charge in [0.05, 0.1) is 26.7 Å². The van der Waals surface area contributed by atoms with E-state index in [2.05, 4.69) is 20.9 Å². The van der Waals surface area contributed by atoms with Gasteiger partial charge in [-0.2, -0.15) is 0 Å². The van der Waals surface area contributed by atoms with E-state index in [0.29, 0.717) is 23.3 Å². The molecule has 0 aromatic heterocycles. The molecule has 0 bridgehead atoms. The molecular formula is C16H24NO3+. The largest absolute Gasteiger partial charge is 0.496 e. The van der Waals surface area contributed by atoms with E-state index in [1.807, 2.05) is 12.1 Å². The van der Waals surface area contributed by atoms with E-state index in [1.165, 1.54) is 4.90 Å². The third kappa shape index (κ3) is 3.12. The molecule has 1 fully saturated rings. The molecule has 0 radical (unpaired) electrons. The number of rotatable bonds is 3. The Kier molecular flexibility index (Phi) is 4.65. The summed E-state index contributed by atoms with van der Waals surface area (Å²) in [7, 11) is 3.76. The summed E-state index contributed by atoms with van der Waals surface area (Å²) in [6.07, 6.45) is 0.902. The van der Waals surface area contributed by atoms with Crippen molar-refractivity contribution in [3.8, 4) is 5.75 Å². The molecule has 1 heterocycles. The van der Waals surface area contributed by atoms with Crippen LogP contribution in [-0.2, 0) is 4.74 Å². The molecule has 1 aromatic carbocycles. The summed E-state index contributed by atoms with van der Waals surface area (Å²) in [4.78, 5) is 13.8. The Balaban J connectivity index is 2.07. The normalized spacial score (nSPS) is 29.8. The molecule has 0 aliphatic carbocycles. The summed E-state index contributed by atoms with van der Waals surface area (Å²) in [6.45, 7) is 5.38. The molecule has 1 aromatic rings. The Hall–Kier alpha value is -1.55. The zero-order chi connectivity index (χ0) is 14.7. The van der Waals surface area contributed by atoms with Crippen molar-refractivity contribution in [2.45, 2.75) is 32.4 Å². The number of hydrogen-bond acceptors (Lipinski definition) is 3. The maximum absolute atomic E-state index is 12.3. The summed E-state index contributed by atoms with van der Waals surface area (Å²) >= 11 is 0. The molecule has 110 valence electrons. The van der Waals surface area contributed by atoms with Gasteiger partial charge in [0.25, 0.3) is 0 Å². The number of carbonyl (C=O) groups excluding carboxylic acids is 1. The monoisotopic (exact) mass is 278 g/mol. The highest BCUT2D eigenvalue weighted by atomic mass is 16.5. The molecule has 1 N–H and O–H groups in total. The van der Waals surface area contributed by atoms with Gasteiger partial charge in [0.2, 0.25) is 0 Å². The van der Waals surface area contributed by atoms with Crippen LogP contribution in [-0.4, -0.2) is 38.8 Å². The van der Waals surface area contributed by atoms with Gasteiger partial charge in [-0.05, 0) is 19.1 Å². The van der Waals surface area contributed by atoms with E-state index in [1.54, 1.807) is 19.2 Å². The molecule has 1 unspecified atom stereocenters. The first-order valence-corrected chi connectivity index (χ1v) is 7.19. The molecule has 1 aliphatic rings. The SMILES string of the molecule is COc1ccccc1C(=O)O[C@H]1C[C@H](C)[NH+](C)C[C@H]1C. The van der Waals surface area contributed by atoms with Crippen LogP contribution in [0.25, 0.3) is 0 Å². The zero-order valence-electron chi connectivity index (χ0n) is 12.7. The molecular weight excluding hydrogens is 254 g/mol. The number of methoxy groups -OCH3 is 1. The van der Waals surface area contributed by atoms with Gasteiger partial charge in [-0.3, -0.25) is 0 Å². The second-order valence-corrected chi connectivity index (χ2v) is 5.81. The van der Waals surface area contributed by atoms with E-state index < -0.39 is 0 Å². The summed E-state index contributed by atoms with van der Waals surface area (Å²) in [6, 6.07) is 7.71. The number of ether oxygens (including phenoxy) is 2. The molecule has 0 amide bonds. The molecule has 1 saturated heterocycles. The third-order valence-electron chi connectivity index (χ3n) is 4.29. The Morgan fingerprint density at radius 2 is 2.00 bits per heavy atom. The minimum Gasteiger partial charge on any atom is -0.496 e. The minimum absolute atomic E-state index is 0.00823. The number of hydrogen-bond donors (Lipinski definition) is 1. The van der Waals surface area contributed by atoms with Gasteiger partial charge in [0.15, 0.2) is 0 Å². The lowest BCUT2D eigenvalue weighted by Gasteiger charge is -2.36. The first kappa shape index (κ1) is 14.9. The van der Waals surface area contributed by atoms with Gasteiger partial charge in [0.1, 0.15) is 17.4 Å². The second kappa shape index (κ2) is 6.27. The Morgan fingerprint density at radius 3 is 2.70 bits per heavy atom. The van der Waals surface area contributed by atoms with Crippen molar-refractivity contribution >= 4 is 5.97 Å².